The van der Waals surface area contributed by atoms with Crippen LogP contribution < -0.4 is 10.3 Å². The highest BCUT2D eigenvalue weighted by molar-refractivity contribution is 14.1. The monoisotopic (exact) mass is 677 g/mol. The molecule has 0 aliphatic carbocycles. The molecule has 0 amide bonds. The molecule has 0 N–H and O–H groups in total. The van der Waals surface area contributed by atoms with Crippen molar-refractivity contribution in [1.29, 1.82) is 0 Å². The van der Waals surface area contributed by atoms with Crippen LogP contribution in [-0.2, 0) is 6.42 Å². The zero-order valence-electron chi connectivity index (χ0n) is 15.7. The fraction of sp³-hybridized carbons (Fsp3) is 0.190. The zero-order valence-corrected chi connectivity index (χ0v) is 21.6. The highest BCUT2D eigenvalue weighted by Crippen LogP contribution is 2.28. The van der Waals surface area contributed by atoms with Gasteiger partial charge in [-0.05, 0) is 87.5 Å². The molecular formula is C21H18BrI2N3O2. The van der Waals surface area contributed by atoms with E-state index in [0.717, 1.165) is 29.3 Å². The minimum absolute atomic E-state index is 0.175. The number of aryl methyl sites for hydroxylation is 1. The Labute approximate surface area is 204 Å². The summed E-state index contributed by atoms with van der Waals surface area (Å²) in [6.07, 6.45) is 4.94. The Morgan fingerprint density at radius 2 is 2.00 bits per heavy atom. The SMILES string of the molecule is C=CCOc1c(I)cc(C=Nn2c(CCC)nc3ccc(Br)cc3c2=O)cc1I. The lowest BCUT2D eigenvalue weighted by Gasteiger charge is -2.10. The number of hydrogen-bond acceptors (Lipinski definition) is 4. The molecule has 0 saturated heterocycles. The number of nitrogens with zero attached hydrogens (tertiary/aromatic N) is 3. The summed E-state index contributed by atoms with van der Waals surface area (Å²) in [6.45, 7) is 6.19. The number of fused-ring (bicyclic) bond motifs is 1. The third-order valence-corrected chi connectivity index (χ3v) is 6.13. The van der Waals surface area contributed by atoms with Crippen LogP contribution in [0.2, 0.25) is 0 Å². The van der Waals surface area contributed by atoms with Crippen LogP contribution >= 0.6 is 61.1 Å². The summed E-state index contributed by atoms with van der Waals surface area (Å²) in [5.41, 5.74) is 1.39. The second-order valence-electron chi connectivity index (χ2n) is 6.21. The van der Waals surface area contributed by atoms with Crippen LogP contribution in [0.4, 0.5) is 0 Å². The van der Waals surface area contributed by atoms with Gasteiger partial charge in [0.1, 0.15) is 18.2 Å². The molecule has 1 aromatic heterocycles. The smallest absolute Gasteiger partial charge is 0.282 e. The molecule has 29 heavy (non-hydrogen) atoms. The van der Waals surface area contributed by atoms with E-state index in [-0.39, 0.29) is 5.56 Å². The van der Waals surface area contributed by atoms with Gasteiger partial charge in [0.05, 0.1) is 24.3 Å². The highest BCUT2D eigenvalue weighted by atomic mass is 127. The van der Waals surface area contributed by atoms with E-state index in [2.05, 4.69) is 84.7 Å². The van der Waals surface area contributed by atoms with Crippen LogP contribution in [0, 0.1) is 7.14 Å². The quantitative estimate of drug-likeness (QED) is 0.181. The van der Waals surface area contributed by atoms with Crippen molar-refractivity contribution in [3.05, 3.63) is 76.3 Å². The van der Waals surface area contributed by atoms with Crippen LogP contribution in [0.25, 0.3) is 10.9 Å². The normalized spacial score (nSPS) is 11.3. The van der Waals surface area contributed by atoms with E-state index in [1.807, 2.05) is 24.3 Å². The Bertz CT molecular complexity index is 1140. The number of benzene rings is 2. The molecule has 2 aromatic carbocycles. The molecule has 3 rings (SSSR count). The standard InChI is InChI=1S/C21H18BrI2N3O2/c1-3-5-19-26-18-7-6-14(22)11-15(18)21(28)27(19)25-12-13-9-16(23)20(17(24)10-13)29-8-4-2/h4,6-7,9-12H,2-3,5,8H2,1H3. The minimum atomic E-state index is -0.175. The molecule has 0 unspecified atom stereocenters. The number of aromatic nitrogens is 2. The van der Waals surface area contributed by atoms with E-state index in [4.69, 9.17) is 4.74 Å². The van der Waals surface area contributed by atoms with Crippen molar-refractivity contribution in [2.24, 2.45) is 5.10 Å². The van der Waals surface area contributed by atoms with E-state index >= 15 is 0 Å². The summed E-state index contributed by atoms with van der Waals surface area (Å²) in [7, 11) is 0. The van der Waals surface area contributed by atoms with Gasteiger partial charge in [0, 0.05) is 10.9 Å². The Balaban J connectivity index is 2.06. The lowest BCUT2D eigenvalue weighted by molar-refractivity contribution is 0.358. The average molecular weight is 678 g/mol. The van der Waals surface area contributed by atoms with E-state index in [9.17, 15) is 4.79 Å². The van der Waals surface area contributed by atoms with E-state index < -0.39 is 0 Å². The van der Waals surface area contributed by atoms with Gasteiger partial charge in [-0.3, -0.25) is 4.79 Å². The molecule has 0 aliphatic heterocycles. The summed E-state index contributed by atoms with van der Waals surface area (Å²) in [4.78, 5) is 17.7. The van der Waals surface area contributed by atoms with Crippen LogP contribution in [0.15, 0.2) is 57.4 Å². The molecule has 0 radical (unpaired) electrons. The average Bonchev–Trinajstić information content (AvgIpc) is 2.68. The van der Waals surface area contributed by atoms with Crippen molar-refractivity contribution in [3.8, 4) is 5.75 Å². The van der Waals surface area contributed by atoms with Gasteiger partial charge in [-0.1, -0.05) is 35.5 Å². The lowest BCUT2D eigenvalue weighted by Crippen LogP contribution is -2.22. The third-order valence-electron chi connectivity index (χ3n) is 4.04. The topological polar surface area (TPSA) is 56.5 Å². The van der Waals surface area contributed by atoms with Gasteiger partial charge in [-0.15, -0.1) is 0 Å². The zero-order chi connectivity index (χ0) is 21.0. The van der Waals surface area contributed by atoms with Crippen LogP contribution in [0.5, 0.6) is 5.75 Å². The van der Waals surface area contributed by atoms with Gasteiger partial charge in [0.15, 0.2) is 0 Å². The summed E-state index contributed by atoms with van der Waals surface area (Å²) in [5.74, 6) is 1.48. The predicted octanol–water partition coefficient (Wildman–Crippen LogP) is 5.77. The van der Waals surface area contributed by atoms with E-state index in [1.54, 1.807) is 18.4 Å². The van der Waals surface area contributed by atoms with Crippen molar-refractivity contribution in [2.45, 2.75) is 19.8 Å². The van der Waals surface area contributed by atoms with Crippen molar-refractivity contribution >= 4 is 78.2 Å². The molecule has 0 fully saturated rings. The van der Waals surface area contributed by atoms with Crippen LogP contribution in [0.1, 0.15) is 24.7 Å². The first-order valence-corrected chi connectivity index (χ1v) is 11.9. The molecule has 0 spiro atoms. The van der Waals surface area contributed by atoms with Gasteiger partial charge >= 0.3 is 0 Å². The summed E-state index contributed by atoms with van der Waals surface area (Å²) in [6, 6.07) is 9.46. The second kappa shape index (κ2) is 10.2. The Morgan fingerprint density at radius 1 is 1.28 bits per heavy atom. The number of rotatable bonds is 7. The predicted molar refractivity (Wildman–Crippen MR) is 138 cm³/mol. The number of hydrogen-bond donors (Lipinski definition) is 0. The molecule has 3 aromatic rings. The molecule has 8 heteroatoms. The fourth-order valence-corrected chi connectivity index (χ4v) is 5.25. The Hall–Kier alpha value is -1.27. The van der Waals surface area contributed by atoms with Crippen molar-refractivity contribution in [3.63, 3.8) is 0 Å². The maximum absolute atomic E-state index is 13.1. The largest absolute Gasteiger partial charge is 0.487 e. The van der Waals surface area contributed by atoms with Gasteiger partial charge in [-0.25, -0.2) is 4.98 Å². The maximum atomic E-state index is 13.1. The summed E-state index contributed by atoms with van der Waals surface area (Å²) in [5, 5.41) is 5.02. The molecule has 0 aliphatic rings. The van der Waals surface area contributed by atoms with Gasteiger partial charge < -0.3 is 4.74 Å². The molecule has 0 bridgehead atoms. The molecule has 1 heterocycles. The van der Waals surface area contributed by atoms with Crippen molar-refractivity contribution in [1.82, 2.24) is 9.66 Å². The van der Waals surface area contributed by atoms with E-state index in [0.29, 0.717) is 29.8 Å². The van der Waals surface area contributed by atoms with Gasteiger partial charge in [0.2, 0.25) is 0 Å². The molecular weight excluding hydrogens is 660 g/mol. The van der Waals surface area contributed by atoms with Crippen molar-refractivity contribution < 1.29 is 4.74 Å². The van der Waals surface area contributed by atoms with Gasteiger partial charge in [-0.2, -0.15) is 9.78 Å². The van der Waals surface area contributed by atoms with Crippen LogP contribution in [0.3, 0.4) is 0 Å². The Morgan fingerprint density at radius 3 is 2.66 bits per heavy atom. The first-order valence-electron chi connectivity index (χ1n) is 8.93. The molecule has 0 saturated carbocycles. The minimum Gasteiger partial charge on any atom is -0.487 e. The fourth-order valence-electron chi connectivity index (χ4n) is 2.76. The first-order chi connectivity index (χ1) is 13.9. The maximum Gasteiger partial charge on any atom is 0.282 e. The Kier molecular flexibility index (Phi) is 7.85. The molecule has 0 atom stereocenters. The number of halogens is 3. The van der Waals surface area contributed by atoms with Crippen molar-refractivity contribution in [2.75, 3.05) is 6.61 Å². The summed E-state index contributed by atoms with van der Waals surface area (Å²) < 4.78 is 9.90. The molecule has 150 valence electrons. The lowest BCUT2D eigenvalue weighted by atomic mass is 10.2. The second-order valence-corrected chi connectivity index (χ2v) is 9.45. The summed E-state index contributed by atoms with van der Waals surface area (Å²) >= 11 is 7.89. The van der Waals surface area contributed by atoms with Crippen LogP contribution in [-0.4, -0.2) is 22.5 Å². The van der Waals surface area contributed by atoms with Gasteiger partial charge in [0.25, 0.3) is 5.56 Å². The van der Waals surface area contributed by atoms with E-state index in [1.165, 1.54) is 4.68 Å². The first kappa shape index (κ1) is 22.4. The highest BCUT2D eigenvalue weighted by Gasteiger charge is 2.11. The number of ether oxygens (including phenoxy) is 1. The third kappa shape index (κ3) is 5.26. The molecule has 5 nitrogen and oxygen atoms in total.